The minimum Gasteiger partial charge on any atom is -0.376 e. The maximum absolute atomic E-state index is 11.6. The highest BCUT2D eigenvalue weighted by Crippen LogP contribution is 2.12. The van der Waals surface area contributed by atoms with Gasteiger partial charge in [-0.25, -0.2) is 4.98 Å². The highest BCUT2D eigenvalue weighted by molar-refractivity contribution is 5.77. The van der Waals surface area contributed by atoms with Crippen molar-refractivity contribution in [3.05, 3.63) is 18.2 Å². The quantitative estimate of drug-likeness (QED) is 0.797. The van der Waals surface area contributed by atoms with Crippen LogP contribution in [-0.2, 0) is 27.7 Å². The summed E-state index contributed by atoms with van der Waals surface area (Å²) in [6, 6.07) is 0. The van der Waals surface area contributed by atoms with Crippen LogP contribution in [0.5, 0.6) is 0 Å². The molecule has 0 spiro atoms. The standard InChI is InChI=1S/C14H23N3O3/c1-17-8-7-15-13(17)5-6-16-14(18)11-19-10-12-4-2-3-9-20-12/h7-8,12H,2-6,9-11H2,1H3,(H,16,18)/t12-/m0/s1. The molecule has 1 N–H and O–H groups in total. The lowest BCUT2D eigenvalue weighted by molar-refractivity contribution is -0.127. The molecule has 0 unspecified atom stereocenters. The van der Waals surface area contributed by atoms with Crippen molar-refractivity contribution in [1.29, 1.82) is 0 Å². The summed E-state index contributed by atoms with van der Waals surface area (Å²) in [6.45, 7) is 1.99. The van der Waals surface area contributed by atoms with E-state index in [-0.39, 0.29) is 18.6 Å². The fourth-order valence-corrected chi connectivity index (χ4v) is 2.22. The first-order valence-corrected chi connectivity index (χ1v) is 7.18. The van der Waals surface area contributed by atoms with Crippen LogP contribution in [0.2, 0.25) is 0 Å². The predicted octanol–water partition coefficient (Wildman–Crippen LogP) is 0.665. The third-order valence-corrected chi connectivity index (χ3v) is 3.40. The number of aromatic nitrogens is 2. The number of imidazole rings is 1. The third kappa shape index (κ3) is 4.94. The van der Waals surface area contributed by atoms with E-state index in [4.69, 9.17) is 9.47 Å². The number of nitrogens with zero attached hydrogens (tertiary/aromatic N) is 2. The summed E-state index contributed by atoms with van der Waals surface area (Å²) in [7, 11) is 1.94. The van der Waals surface area contributed by atoms with Crippen LogP contribution in [0.4, 0.5) is 0 Å². The first kappa shape index (κ1) is 15.0. The van der Waals surface area contributed by atoms with Crippen molar-refractivity contribution in [3.63, 3.8) is 0 Å². The van der Waals surface area contributed by atoms with Gasteiger partial charge in [-0.2, -0.15) is 0 Å². The Labute approximate surface area is 119 Å². The van der Waals surface area contributed by atoms with E-state index < -0.39 is 0 Å². The molecular formula is C14H23N3O3. The number of amides is 1. The summed E-state index contributed by atoms with van der Waals surface area (Å²) in [6.07, 6.45) is 7.87. The Morgan fingerprint density at radius 1 is 1.60 bits per heavy atom. The van der Waals surface area contributed by atoms with Crippen molar-refractivity contribution >= 4 is 5.91 Å². The van der Waals surface area contributed by atoms with E-state index >= 15 is 0 Å². The van der Waals surface area contributed by atoms with Gasteiger partial charge in [0.05, 0.1) is 12.7 Å². The van der Waals surface area contributed by atoms with Crippen molar-refractivity contribution in [2.75, 3.05) is 26.4 Å². The Hall–Kier alpha value is -1.40. The van der Waals surface area contributed by atoms with Gasteiger partial charge in [-0.1, -0.05) is 0 Å². The maximum Gasteiger partial charge on any atom is 0.246 e. The molecule has 6 heteroatoms. The van der Waals surface area contributed by atoms with Gasteiger partial charge in [0.15, 0.2) is 0 Å². The van der Waals surface area contributed by atoms with Gasteiger partial charge in [0, 0.05) is 39.0 Å². The Morgan fingerprint density at radius 2 is 2.50 bits per heavy atom. The molecule has 1 fully saturated rings. The van der Waals surface area contributed by atoms with Crippen LogP contribution < -0.4 is 5.32 Å². The van der Waals surface area contributed by atoms with E-state index in [0.29, 0.717) is 13.2 Å². The second-order valence-electron chi connectivity index (χ2n) is 5.06. The van der Waals surface area contributed by atoms with Crippen LogP contribution >= 0.6 is 0 Å². The van der Waals surface area contributed by atoms with Crippen LogP contribution in [0.15, 0.2) is 12.4 Å². The van der Waals surface area contributed by atoms with Gasteiger partial charge in [0.25, 0.3) is 0 Å². The molecule has 1 aromatic heterocycles. The summed E-state index contributed by atoms with van der Waals surface area (Å²) in [4.78, 5) is 15.8. The molecule has 0 saturated carbocycles. The molecule has 1 amide bonds. The summed E-state index contributed by atoms with van der Waals surface area (Å²) < 4.78 is 12.9. The number of aryl methyl sites for hydroxylation is 1. The summed E-state index contributed by atoms with van der Waals surface area (Å²) in [5.41, 5.74) is 0. The molecule has 20 heavy (non-hydrogen) atoms. The Balaban J connectivity index is 1.53. The van der Waals surface area contributed by atoms with Crippen molar-refractivity contribution in [3.8, 4) is 0 Å². The molecule has 0 aromatic carbocycles. The molecule has 1 aliphatic rings. The minimum atomic E-state index is -0.0879. The minimum absolute atomic E-state index is 0.0879. The van der Waals surface area contributed by atoms with Gasteiger partial charge >= 0.3 is 0 Å². The number of ether oxygens (including phenoxy) is 2. The maximum atomic E-state index is 11.6. The largest absolute Gasteiger partial charge is 0.376 e. The predicted molar refractivity (Wildman–Crippen MR) is 74.3 cm³/mol. The molecule has 112 valence electrons. The van der Waals surface area contributed by atoms with Crippen LogP contribution in [0.1, 0.15) is 25.1 Å². The first-order valence-electron chi connectivity index (χ1n) is 7.18. The normalized spacial score (nSPS) is 18.9. The second-order valence-corrected chi connectivity index (χ2v) is 5.06. The zero-order valence-electron chi connectivity index (χ0n) is 12.0. The fourth-order valence-electron chi connectivity index (χ4n) is 2.22. The molecule has 1 saturated heterocycles. The van der Waals surface area contributed by atoms with Crippen LogP contribution in [0.3, 0.4) is 0 Å². The summed E-state index contributed by atoms with van der Waals surface area (Å²) in [5.74, 6) is 0.872. The van der Waals surface area contributed by atoms with Crippen molar-refractivity contribution in [1.82, 2.24) is 14.9 Å². The zero-order chi connectivity index (χ0) is 14.2. The first-order chi connectivity index (χ1) is 9.75. The molecular weight excluding hydrogens is 258 g/mol. The SMILES string of the molecule is Cn1ccnc1CCNC(=O)COC[C@@H]1CCCCO1. The van der Waals surface area contributed by atoms with Crippen molar-refractivity contribution < 1.29 is 14.3 Å². The molecule has 0 radical (unpaired) electrons. The van der Waals surface area contributed by atoms with E-state index in [0.717, 1.165) is 31.7 Å². The second kappa shape index (κ2) is 8.01. The number of hydrogen-bond acceptors (Lipinski definition) is 4. The zero-order valence-corrected chi connectivity index (χ0v) is 12.0. The number of carbonyl (C=O) groups excluding carboxylic acids is 1. The van der Waals surface area contributed by atoms with Crippen LogP contribution in [0, 0.1) is 0 Å². The number of carbonyl (C=O) groups is 1. The van der Waals surface area contributed by atoms with E-state index in [1.807, 2.05) is 17.8 Å². The monoisotopic (exact) mass is 281 g/mol. The molecule has 1 atom stereocenters. The molecule has 0 aliphatic carbocycles. The smallest absolute Gasteiger partial charge is 0.246 e. The molecule has 2 heterocycles. The topological polar surface area (TPSA) is 65.4 Å². The van der Waals surface area contributed by atoms with E-state index in [1.54, 1.807) is 6.20 Å². The number of rotatable bonds is 7. The van der Waals surface area contributed by atoms with Crippen molar-refractivity contribution in [2.24, 2.45) is 7.05 Å². The van der Waals surface area contributed by atoms with Crippen molar-refractivity contribution in [2.45, 2.75) is 31.8 Å². The number of hydrogen-bond donors (Lipinski definition) is 1. The fraction of sp³-hybridized carbons (Fsp3) is 0.714. The number of nitrogens with one attached hydrogen (secondary N) is 1. The highest BCUT2D eigenvalue weighted by Gasteiger charge is 2.14. The summed E-state index contributed by atoms with van der Waals surface area (Å²) >= 11 is 0. The van der Waals surface area contributed by atoms with Gasteiger partial charge in [-0.05, 0) is 19.3 Å². The Morgan fingerprint density at radius 3 is 3.20 bits per heavy atom. The van der Waals surface area contributed by atoms with Gasteiger partial charge < -0.3 is 19.4 Å². The molecule has 2 rings (SSSR count). The molecule has 0 bridgehead atoms. The van der Waals surface area contributed by atoms with Gasteiger partial charge in [0.2, 0.25) is 5.91 Å². The van der Waals surface area contributed by atoms with Crippen LogP contribution in [-0.4, -0.2) is 47.9 Å². The lowest BCUT2D eigenvalue weighted by Crippen LogP contribution is -2.32. The Bertz CT molecular complexity index is 414. The van der Waals surface area contributed by atoms with E-state index in [9.17, 15) is 4.79 Å². The Kier molecular flexibility index (Phi) is 6.01. The average molecular weight is 281 g/mol. The third-order valence-electron chi connectivity index (χ3n) is 3.40. The highest BCUT2D eigenvalue weighted by atomic mass is 16.5. The van der Waals surface area contributed by atoms with Crippen LogP contribution in [0.25, 0.3) is 0 Å². The van der Waals surface area contributed by atoms with E-state index in [1.165, 1.54) is 6.42 Å². The molecule has 1 aliphatic heterocycles. The summed E-state index contributed by atoms with van der Waals surface area (Å²) in [5, 5.41) is 2.83. The lowest BCUT2D eigenvalue weighted by Gasteiger charge is -2.22. The van der Waals surface area contributed by atoms with Gasteiger partial charge in [0.1, 0.15) is 12.4 Å². The molecule has 6 nitrogen and oxygen atoms in total. The van der Waals surface area contributed by atoms with Gasteiger partial charge in [-0.15, -0.1) is 0 Å². The van der Waals surface area contributed by atoms with Gasteiger partial charge in [-0.3, -0.25) is 4.79 Å². The van der Waals surface area contributed by atoms with E-state index in [2.05, 4.69) is 10.3 Å². The lowest BCUT2D eigenvalue weighted by atomic mass is 10.1. The average Bonchev–Trinajstić information content (AvgIpc) is 2.86. The molecule has 1 aromatic rings.